The van der Waals surface area contributed by atoms with Crippen LogP contribution in [0.5, 0.6) is 5.75 Å². The normalized spacial score (nSPS) is 12.1. The topological polar surface area (TPSA) is 78.1 Å². The van der Waals surface area contributed by atoms with Gasteiger partial charge in [0.25, 0.3) is 0 Å². The van der Waals surface area contributed by atoms with Gasteiger partial charge in [0.2, 0.25) is 5.13 Å². The minimum atomic E-state index is -0.235. The van der Waals surface area contributed by atoms with E-state index in [1.54, 1.807) is 31.4 Å². The number of nitrogen functional groups attached to an aromatic ring is 1. The molecule has 0 amide bonds. The zero-order chi connectivity index (χ0) is 13.8. The molecule has 0 saturated heterocycles. The van der Waals surface area contributed by atoms with Gasteiger partial charge in [-0.15, -0.1) is 10.2 Å². The molecule has 0 aliphatic heterocycles. The Morgan fingerprint density at radius 3 is 2.58 bits per heavy atom. The Bertz CT molecular complexity index is 569. The third kappa shape index (κ3) is 3.45. The summed E-state index contributed by atoms with van der Waals surface area (Å²) in [6.07, 6.45) is 0. The predicted octanol–water partition coefficient (Wildman–Crippen LogP) is 2.49. The van der Waals surface area contributed by atoms with E-state index in [4.69, 9.17) is 10.5 Å². The van der Waals surface area contributed by atoms with Crippen molar-refractivity contribution in [1.82, 2.24) is 10.2 Å². The van der Waals surface area contributed by atoms with Crippen molar-refractivity contribution < 1.29 is 9.53 Å². The van der Waals surface area contributed by atoms with Crippen molar-refractivity contribution >= 4 is 34.0 Å². The van der Waals surface area contributed by atoms with Gasteiger partial charge in [0.1, 0.15) is 5.75 Å². The minimum Gasteiger partial charge on any atom is -0.497 e. The molecule has 7 heteroatoms. The Labute approximate surface area is 119 Å². The number of carbonyl (C=O) groups is 1. The number of Topliss-reactive ketones (excluding diaryl/α,β-unsaturated/α-hetero) is 1. The Morgan fingerprint density at radius 2 is 2.05 bits per heavy atom. The van der Waals surface area contributed by atoms with E-state index in [1.807, 2.05) is 6.92 Å². The smallest absolute Gasteiger partial charge is 0.203 e. The van der Waals surface area contributed by atoms with E-state index in [2.05, 4.69) is 10.2 Å². The van der Waals surface area contributed by atoms with E-state index in [1.165, 1.54) is 23.1 Å². The van der Waals surface area contributed by atoms with Crippen LogP contribution < -0.4 is 10.5 Å². The molecule has 0 saturated carbocycles. The van der Waals surface area contributed by atoms with Crippen molar-refractivity contribution in [1.29, 1.82) is 0 Å². The van der Waals surface area contributed by atoms with E-state index in [9.17, 15) is 4.79 Å². The third-order valence-corrected chi connectivity index (χ3v) is 4.38. The van der Waals surface area contributed by atoms with E-state index in [-0.39, 0.29) is 11.0 Å². The van der Waals surface area contributed by atoms with E-state index >= 15 is 0 Å². The maximum absolute atomic E-state index is 12.2. The lowest BCUT2D eigenvalue weighted by Crippen LogP contribution is -2.13. The molecule has 0 bridgehead atoms. The molecule has 0 aliphatic rings. The second-order valence-corrected chi connectivity index (χ2v) is 6.36. The number of thioether (sulfide) groups is 1. The van der Waals surface area contributed by atoms with E-state index in [0.717, 1.165) is 5.75 Å². The van der Waals surface area contributed by atoms with Gasteiger partial charge in [0, 0.05) is 5.56 Å². The summed E-state index contributed by atoms with van der Waals surface area (Å²) in [6.45, 7) is 1.84. The molecule has 0 spiro atoms. The second kappa shape index (κ2) is 6.03. The first-order chi connectivity index (χ1) is 9.10. The molecular weight excluding hydrogens is 282 g/mol. The van der Waals surface area contributed by atoms with Crippen LogP contribution >= 0.6 is 23.1 Å². The van der Waals surface area contributed by atoms with Crippen LogP contribution in [0.2, 0.25) is 0 Å². The quantitative estimate of drug-likeness (QED) is 0.674. The van der Waals surface area contributed by atoms with Crippen molar-refractivity contribution in [2.45, 2.75) is 16.5 Å². The Balaban J connectivity index is 2.05. The first-order valence-corrected chi connectivity index (χ1v) is 7.23. The van der Waals surface area contributed by atoms with Crippen molar-refractivity contribution in [3.05, 3.63) is 29.8 Å². The number of benzene rings is 1. The number of methoxy groups -OCH3 is 1. The van der Waals surface area contributed by atoms with Gasteiger partial charge in [-0.3, -0.25) is 4.79 Å². The highest BCUT2D eigenvalue weighted by molar-refractivity contribution is 8.02. The summed E-state index contributed by atoms with van der Waals surface area (Å²) in [5.74, 6) is 0.773. The maximum atomic E-state index is 12.2. The summed E-state index contributed by atoms with van der Waals surface area (Å²) in [6, 6.07) is 7.06. The van der Waals surface area contributed by atoms with Crippen LogP contribution in [0.15, 0.2) is 28.6 Å². The molecule has 1 aromatic heterocycles. The number of ketones is 1. The minimum absolute atomic E-state index is 0.0430. The van der Waals surface area contributed by atoms with Crippen molar-refractivity contribution in [2.24, 2.45) is 0 Å². The fourth-order valence-corrected chi connectivity index (χ4v) is 3.32. The number of anilines is 1. The van der Waals surface area contributed by atoms with Gasteiger partial charge in [-0.2, -0.15) is 0 Å². The van der Waals surface area contributed by atoms with Crippen LogP contribution in [0.4, 0.5) is 5.13 Å². The summed E-state index contributed by atoms with van der Waals surface area (Å²) in [5.41, 5.74) is 6.16. The summed E-state index contributed by atoms with van der Waals surface area (Å²) in [5, 5.41) is 7.79. The number of hydrogen-bond donors (Lipinski definition) is 1. The third-order valence-electron chi connectivity index (χ3n) is 2.44. The highest BCUT2D eigenvalue weighted by atomic mass is 32.2. The molecular formula is C12H13N3O2S2. The zero-order valence-corrected chi connectivity index (χ0v) is 12.1. The van der Waals surface area contributed by atoms with Crippen LogP contribution in [0.3, 0.4) is 0 Å². The molecule has 0 aliphatic carbocycles. The number of nitrogens with zero attached hydrogens (tertiary/aromatic N) is 2. The van der Waals surface area contributed by atoms with Crippen molar-refractivity contribution in [2.75, 3.05) is 12.8 Å². The zero-order valence-electron chi connectivity index (χ0n) is 10.5. The standard InChI is InChI=1S/C12H13N3O2S2/c1-7(18-12-15-14-11(13)19-12)10(16)8-3-5-9(17-2)6-4-8/h3-7H,1-2H3,(H2,13,14)/t7-/m1/s1. The van der Waals surface area contributed by atoms with Gasteiger partial charge in [-0.25, -0.2) is 0 Å². The molecule has 100 valence electrons. The molecule has 1 aromatic carbocycles. The van der Waals surface area contributed by atoms with E-state index < -0.39 is 0 Å². The molecule has 1 atom stereocenters. The number of ether oxygens (including phenoxy) is 1. The van der Waals surface area contributed by atoms with Crippen molar-refractivity contribution in [3.63, 3.8) is 0 Å². The molecule has 2 N–H and O–H groups in total. The number of aromatic nitrogens is 2. The lowest BCUT2D eigenvalue weighted by Gasteiger charge is -2.08. The monoisotopic (exact) mass is 295 g/mol. The SMILES string of the molecule is COc1ccc(C(=O)[C@@H](C)Sc2nnc(N)s2)cc1. The average molecular weight is 295 g/mol. The van der Waals surface area contributed by atoms with Gasteiger partial charge < -0.3 is 10.5 Å². The van der Waals surface area contributed by atoms with Crippen LogP contribution in [0.25, 0.3) is 0 Å². The molecule has 19 heavy (non-hydrogen) atoms. The first-order valence-electron chi connectivity index (χ1n) is 5.54. The molecule has 2 aromatic rings. The summed E-state index contributed by atoms with van der Waals surface area (Å²) in [7, 11) is 1.59. The fraction of sp³-hybridized carbons (Fsp3) is 0.250. The van der Waals surface area contributed by atoms with Gasteiger partial charge >= 0.3 is 0 Å². The fourth-order valence-electron chi connectivity index (χ4n) is 1.46. The lowest BCUT2D eigenvalue weighted by atomic mass is 10.1. The number of nitrogens with two attached hydrogens (primary N) is 1. The Hall–Kier alpha value is -1.60. The Kier molecular flexibility index (Phi) is 4.39. The summed E-state index contributed by atoms with van der Waals surface area (Å²) >= 11 is 2.64. The molecule has 0 unspecified atom stereocenters. The highest BCUT2D eigenvalue weighted by Gasteiger charge is 2.18. The number of rotatable bonds is 5. The van der Waals surface area contributed by atoms with Gasteiger partial charge in [0.05, 0.1) is 12.4 Å². The summed E-state index contributed by atoms with van der Waals surface area (Å²) < 4.78 is 5.76. The van der Waals surface area contributed by atoms with Crippen molar-refractivity contribution in [3.8, 4) is 5.75 Å². The largest absolute Gasteiger partial charge is 0.497 e. The van der Waals surface area contributed by atoms with Gasteiger partial charge in [-0.1, -0.05) is 23.1 Å². The van der Waals surface area contributed by atoms with Gasteiger partial charge in [-0.05, 0) is 31.2 Å². The lowest BCUT2D eigenvalue weighted by molar-refractivity contribution is 0.0994. The van der Waals surface area contributed by atoms with Crippen LogP contribution in [0, 0.1) is 0 Å². The molecule has 0 radical (unpaired) electrons. The number of carbonyl (C=O) groups excluding carboxylic acids is 1. The first kappa shape index (κ1) is 13.8. The predicted molar refractivity (Wildman–Crippen MR) is 77.0 cm³/mol. The van der Waals surface area contributed by atoms with Crippen LogP contribution in [-0.4, -0.2) is 28.3 Å². The highest BCUT2D eigenvalue weighted by Crippen LogP contribution is 2.29. The maximum Gasteiger partial charge on any atom is 0.203 e. The average Bonchev–Trinajstić information content (AvgIpc) is 2.83. The Morgan fingerprint density at radius 1 is 1.37 bits per heavy atom. The van der Waals surface area contributed by atoms with E-state index in [0.29, 0.717) is 15.0 Å². The summed E-state index contributed by atoms with van der Waals surface area (Å²) in [4.78, 5) is 12.2. The van der Waals surface area contributed by atoms with Crippen LogP contribution in [-0.2, 0) is 0 Å². The second-order valence-electron chi connectivity index (χ2n) is 3.76. The molecule has 0 fully saturated rings. The molecule has 1 heterocycles. The molecule has 2 rings (SSSR count). The molecule has 5 nitrogen and oxygen atoms in total. The van der Waals surface area contributed by atoms with Gasteiger partial charge in [0.15, 0.2) is 10.1 Å². The number of hydrogen-bond acceptors (Lipinski definition) is 7. The van der Waals surface area contributed by atoms with Crippen LogP contribution in [0.1, 0.15) is 17.3 Å².